The summed E-state index contributed by atoms with van der Waals surface area (Å²) in [5.74, 6) is -1.08. The SMILES string of the molecule is COc1cc(CC(NC(=O)OCC2c3ccccc3-c3ccccc32)C(=O)O)cc(I)c1O. The number of carboxylic acids is 1. The molecule has 0 spiro atoms. The van der Waals surface area contributed by atoms with Crippen molar-refractivity contribution in [1.29, 1.82) is 0 Å². The first-order chi connectivity index (χ1) is 15.9. The van der Waals surface area contributed by atoms with Crippen LogP contribution < -0.4 is 10.1 Å². The van der Waals surface area contributed by atoms with E-state index in [9.17, 15) is 19.8 Å². The second-order valence-electron chi connectivity index (χ2n) is 7.69. The summed E-state index contributed by atoms with van der Waals surface area (Å²) in [7, 11) is 1.42. The zero-order chi connectivity index (χ0) is 23.5. The van der Waals surface area contributed by atoms with Crippen molar-refractivity contribution in [1.82, 2.24) is 5.32 Å². The fourth-order valence-corrected chi connectivity index (χ4v) is 4.78. The van der Waals surface area contributed by atoms with Gasteiger partial charge < -0.3 is 25.0 Å². The second-order valence-corrected chi connectivity index (χ2v) is 8.86. The maximum absolute atomic E-state index is 12.5. The molecule has 1 atom stereocenters. The third-order valence-corrected chi connectivity index (χ3v) is 6.50. The van der Waals surface area contributed by atoms with Crippen LogP contribution in [0.3, 0.4) is 0 Å². The second kappa shape index (κ2) is 9.70. The first kappa shape index (κ1) is 22.9. The predicted octanol–water partition coefficient (Wildman–Crippen LogP) is 4.54. The molecule has 8 heteroatoms. The first-order valence-corrected chi connectivity index (χ1v) is 11.4. The summed E-state index contributed by atoms with van der Waals surface area (Å²) in [6.45, 7) is 0.0944. The Balaban J connectivity index is 1.45. The van der Waals surface area contributed by atoms with Crippen LogP contribution in [0, 0.1) is 3.57 Å². The topological polar surface area (TPSA) is 105 Å². The molecule has 0 bridgehead atoms. The molecule has 0 aromatic heterocycles. The molecule has 170 valence electrons. The number of halogens is 1. The van der Waals surface area contributed by atoms with Gasteiger partial charge in [0.2, 0.25) is 0 Å². The van der Waals surface area contributed by atoms with E-state index in [4.69, 9.17) is 9.47 Å². The summed E-state index contributed by atoms with van der Waals surface area (Å²) in [4.78, 5) is 24.3. The summed E-state index contributed by atoms with van der Waals surface area (Å²) >= 11 is 1.93. The van der Waals surface area contributed by atoms with Crippen molar-refractivity contribution < 1.29 is 29.3 Å². The highest BCUT2D eigenvalue weighted by Crippen LogP contribution is 2.44. The van der Waals surface area contributed by atoms with Gasteiger partial charge in [-0.15, -0.1) is 0 Å². The number of rotatable bonds is 7. The van der Waals surface area contributed by atoms with Crippen LogP contribution in [-0.2, 0) is 16.0 Å². The number of carbonyl (C=O) groups excluding carboxylic acids is 1. The highest BCUT2D eigenvalue weighted by atomic mass is 127. The smallest absolute Gasteiger partial charge is 0.407 e. The lowest BCUT2D eigenvalue weighted by atomic mass is 9.98. The Morgan fingerprint density at radius 2 is 1.67 bits per heavy atom. The van der Waals surface area contributed by atoms with E-state index in [1.165, 1.54) is 7.11 Å². The summed E-state index contributed by atoms with van der Waals surface area (Å²) in [5, 5.41) is 22.0. The van der Waals surface area contributed by atoms with Crippen molar-refractivity contribution in [3.63, 3.8) is 0 Å². The minimum absolute atomic E-state index is 0.00612. The van der Waals surface area contributed by atoms with Gasteiger partial charge >= 0.3 is 12.1 Å². The Kier molecular flexibility index (Phi) is 6.73. The van der Waals surface area contributed by atoms with Crippen molar-refractivity contribution in [2.24, 2.45) is 0 Å². The number of hydrogen-bond donors (Lipinski definition) is 3. The monoisotopic (exact) mass is 559 g/mol. The van der Waals surface area contributed by atoms with Crippen LogP contribution in [0.15, 0.2) is 60.7 Å². The van der Waals surface area contributed by atoms with Gasteiger partial charge in [-0.3, -0.25) is 0 Å². The van der Waals surface area contributed by atoms with Gasteiger partial charge in [-0.25, -0.2) is 9.59 Å². The summed E-state index contributed by atoms with van der Waals surface area (Å²) < 4.78 is 11.1. The maximum atomic E-state index is 12.5. The van der Waals surface area contributed by atoms with E-state index in [-0.39, 0.29) is 30.4 Å². The Morgan fingerprint density at radius 1 is 1.06 bits per heavy atom. The van der Waals surface area contributed by atoms with E-state index < -0.39 is 18.1 Å². The average molecular weight is 559 g/mol. The molecule has 3 aromatic carbocycles. The molecule has 0 saturated heterocycles. The van der Waals surface area contributed by atoms with Crippen LogP contribution in [0.25, 0.3) is 11.1 Å². The number of carboxylic acid groups (broad SMARTS) is 1. The van der Waals surface area contributed by atoms with E-state index in [1.54, 1.807) is 12.1 Å². The zero-order valence-corrected chi connectivity index (χ0v) is 19.9. The number of methoxy groups -OCH3 is 1. The number of phenolic OH excluding ortho intramolecular Hbond substituents is 1. The molecule has 1 unspecified atom stereocenters. The highest BCUT2D eigenvalue weighted by Gasteiger charge is 2.30. The molecule has 1 aliphatic carbocycles. The van der Waals surface area contributed by atoms with E-state index >= 15 is 0 Å². The molecule has 0 aliphatic heterocycles. The quantitative estimate of drug-likeness (QED) is 0.368. The number of benzene rings is 3. The van der Waals surface area contributed by atoms with Crippen molar-refractivity contribution in [2.45, 2.75) is 18.4 Å². The lowest BCUT2D eigenvalue weighted by Gasteiger charge is -2.18. The number of alkyl carbamates (subject to hydrolysis) is 1. The van der Waals surface area contributed by atoms with Crippen LogP contribution in [0.5, 0.6) is 11.5 Å². The van der Waals surface area contributed by atoms with Crippen LogP contribution in [0.1, 0.15) is 22.6 Å². The van der Waals surface area contributed by atoms with Gasteiger partial charge in [0, 0.05) is 12.3 Å². The molecule has 0 radical (unpaired) electrons. The number of aliphatic carboxylic acids is 1. The summed E-state index contributed by atoms with van der Waals surface area (Å²) in [6, 6.07) is 18.0. The first-order valence-electron chi connectivity index (χ1n) is 10.3. The van der Waals surface area contributed by atoms with Gasteiger partial charge in [0.25, 0.3) is 0 Å². The van der Waals surface area contributed by atoms with Crippen LogP contribution in [-0.4, -0.2) is 42.0 Å². The van der Waals surface area contributed by atoms with Crippen LogP contribution in [0.2, 0.25) is 0 Å². The molecule has 1 amide bonds. The van der Waals surface area contributed by atoms with Gasteiger partial charge in [0.1, 0.15) is 12.6 Å². The lowest BCUT2D eigenvalue weighted by Crippen LogP contribution is -2.42. The van der Waals surface area contributed by atoms with Gasteiger partial charge in [0.15, 0.2) is 11.5 Å². The molecule has 4 rings (SSSR count). The van der Waals surface area contributed by atoms with Crippen molar-refractivity contribution in [3.05, 3.63) is 80.9 Å². The number of phenols is 1. The van der Waals surface area contributed by atoms with E-state index in [2.05, 4.69) is 5.32 Å². The Labute approximate surface area is 204 Å². The number of ether oxygens (including phenoxy) is 2. The standard InChI is InChI=1S/C25H22INO6/c1-32-22-12-14(10-20(26)23(22)28)11-21(24(29)30)27-25(31)33-13-19-17-8-4-2-6-15(17)16-7-3-5-9-18(16)19/h2-10,12,19,21,28H,11,13H2,1H3,(H,27,31)(H,29,30). The number of nitrogens with one attached hydrogen (secondary N) is 1. The average Bonchev–Trinajstić information content (AvgIpc) is 3.13. The Morgan fingerprint density at radius 3 is 2.24 bits per heavy atom. The molecule has 0 fully saturated rings. The molecular formula is C25H22INO6. The summed E-state index contributed by atoms with van der Waals surface area (Å²) in [5.41, 5.74) is 4.97. The van der Waals surface area contributed by atoms with E-state index in [0.717, 1.165) is 22.3 Å². The minimum atomic E-state index is -1.20. The van der Waals surface area contributed by atoms with Gasteiger partial charge in [0.05, 0.1) is 10.7 Å². The number of amides is 1. The third kappa shape index (κ3) is 4.75. The van der Waals surface area contributed by atoms with Crippen LogP contribution >= 0.6 is 22.6 Å². The minimum Gasteiger partial charge on any atom is -0.504 e. The highest BCUT2D eigenvalue weighted by molar-refractivity contribution is 14.1. The normalized spacial score (nSPS) is 13.0. The largest absolute Gasteiger partial charge is 0.504 e. The fraction of sp³-hybridized carbons (Fsp3) is 0.200. The number of carbonyl (C=O) groups is 2. The predicted molar refractivity (Wildman–Crippen MR) is 131 cm³/mol. The third-order valence-electron chi connectivity index (χ3n) is 5.68. The number of fused-ring (bicyclic) bond motifs is 3. The molecule has 3 aromatic rings. The Hall–Kier alpha value is -3.27. The molecule has 0 saturated carbocycles. The summed E-state index contributed by atoms with van der Waals surface area (Å²) in [6.07, 6.45) is -0.795. The van der Waals surface area contributed by atoms with E-state index in [1.807, 2.05) is 71.1 Å². The van der Waals surface area contributed by atoms with Crippen LogP contribution in [0.4, 0.5) is 4.79 Å². The zero-order valence-electron chi connectivity index (χ0n) is 17.7. The van der Waals surface area contributed by atoms with Crippen molar-refractivity contribution in [3.8, 4) is 22.6 Å². The number of aromatic hydroxyl groups is 1. The molecule has 1 aliphatic rings. The van der Waals surface area contributed by atoms with Crippen molar-refractivity contribution in [2.75, 3.05) is 13.7 Å². The molecular weight excluding hydrogens is 537 g/mol. The van der Waals surface area contributed by atoms with E-state index in [0.29, 0.717) is 9.13 Å². The fourth-order valence-electron chi connectivity index (χ4n) is 4.12. The molecule has 0 heterocycles. The van der Waals surface area contributed by atoms with Gasteiger partial charge in [-0.1, -0.05) is 48.5 Å². The lowest BCUT2D eigenvalue weighted by molar-refractivity contribution is -0.139. The van der Waals surface area contributed by atoms with Gasteiger partial charge in [-0.2, -0.15) is 0 Å². The molecule has 3 N–H and O–H groups in total. The van der Waals surface area contributed by atoms with Gasteiger partial charge in [-0.05, 0) is 62.5 Å². The molecule has 33 heavy (non-hydrogen) atoms. The Bertz CT molecular complexity index is 1170. The maximum Gasteiger partial charge on any atom is 0.407 e. The molecule has 7 nitrogen and oxygen atoms in total. The van der Waals surface area contributed by atoms with Crippen molar-refractivity contribution >= 4 is 34.7 Å². The number of hydrogen-bond acceptors (Lipinski definition) is 5.